The number of amides is 1. The van der Waals surface area contributed by atoms with Crippen molar-refractivity contribution in [1.29, 1.82) is 0 Å². The Morgan fingerprint density at radius 3 is 2.60 bits per heavy atom. The molecule has 0 aliphatic carbocycles. The lowest BCUT2D eigenvalue weighted by Gasteiger charge is -2.24. The molecule has 4 N–H and O–H groups in total. The van der Waals surface area contributed by atoms with Gasteiger partial charge in [0.05, 0.1) is 0 Å². The highest BCUT2D eigenvalue weighted by atomic mass is 16.5. The number of benzene rings is 1. The van der Waals surface area contributed by atoms with Crippen LogP contribution in [-0.4, -0.2) is 29.1 Å². The van der Waals surface area contributed by atoms with Gasteiger partial charge < -0.3 is 20.9 Å². The minimum atomic E-state index is -1.15. The number of carbonyl (C=O) groups is 2. The first-order chi connectivity index (χ1) is 9.25. The highest BCUT2D eigenvalue weighted by molar-refractivity contribution is 5.92. The third kappa shape index (κ3) is 4.46. The maximum atomic E-state index is 11.7. The Balaban J connectivity index is 2.71. The molecule has 0 saturated carbocycles. The number of rotatable bonds is 6. The SMILES string of the molecule is CCC(C)(C)NC(=O)COc1ccc(N)cc1C(=O)O. The molecule has 0 spiro atoms. The molecule has 0 aliphatic rings. The smallest absolute Gasteiger partial charge is 0.339 e. The van der Waals surface area contributed by atoms with Crippen LogP contribution >= 0.6 is 0 Å². The number of nitrogens with one attached hydrogen (secondary N) is 1. The third-order valence-corrected chi connectivity index (χ3v) is 2.95. The van der Waals surface area contributed by atoms with E-state index in [1.807, 2.05) is 20.8 Å². The summed E-state index contributed by atoms with van der Waals surface area (Å²) in [6.07, 6.45) is 0.779. The Morgan fingerprint density at radius 1 is 1.40 bits per heavy atom. The van der Waals surface area contributed by atoms with Gasteiger partial charge >= 0.3 is 5.97 Å². The van der Waals surface area contributed by atoms with Crippen LogP contribution < -0.4 is 15.8 Å². The third-order valence-electron chi connectivity index (χ3n) is 2.95. The van der Waals surface area contributed by atoms with Crippen molar-refractivity contribution < 1.29 is 19.4 Å². The molecule has 0 unspecified atom stereocenters. The first-order valence-corrected chi connectivity index (χ1v) is 6.32. The molecule has 0 fully saturated rings. The molecule has 0 saturated heterocycles. The zero-order valence-corrected chi connectivity index (χ0v) is 11.9. The molecular weight excluding hydrogens is 260 g/mol. The fraction of sp³-hybridized carbons (Fsp3) is 0.429. The first-order valence-electron chi connectivity index (χ1n) is 6.32. The summed E-state index contributed by atoms with van der Waals surface area (Å²) in [6.45, 7) is 5.52. The number of hydrogen-bond donors (Lipinski definition) is 3. The number of ether oxygens (including phenoxy) is 1. The van der Waals surface area contributed by atoms with Crippen LogP contribution in [0, 0.1) is 0 Å². The molecule has 0 aromatic heterocycles. The second-order valence-corrected chi connectivity index (χ2v) is 5.14. The number of aromatic carboxylic acids is 1. The number of nitrogens with two attached hydrogens (primary N) is 1. The van der Waals surface area contributed by atoms with Gasteiger partial charge in [-0.25, -0.2) is 4.79 Å². The molecule has 1 aromatic carbocycles. The second-order valence-electron chi connectivity index (χ2n) is 5.14. The van der Waals surface area contributed by atoms with E-state index < -0.39 is 5.97 Å². The van der Waals surface area contributed by atoms with Crippen LogP contribution in [0.15, 0.2) is 18.2 Å². The van der Waals surface area contributed by atoms with Crippen LogP contribution in [0.4, 0.5) is 5.69 Å². The Morgan fingerprint density at radius 2 is 2.05 bits per heavy atom. The van der Waals surface area contributed by atoms with E-state index in [-0.39, 0.29) is 29.4 Å². The van der Waals surface area contributed by atoms with Gasteiger partial charge in [-0.05, 0) is 38.5 Å². The highest BCUT2D eigenvalue weighted by Crippen LogP contribution is 2.21. The summed E-state index contributed by atoms with van der Waals surface area (Å²) in [5.74, 6) is -1.33. The van der Waals surface area contributed by atoms with Crippen LogP contribution in [0.2, 0.25) is 0 Å². The quantitative estimate of drug-likeness (QED) is 0.688. The van der Waals surface area contributed by atoms with E-state index in [9.17, 15) is 9.59 Å². The number of carboxylic acid groups (broad SMARTS) is 1. The second kappa shape index (κ2) is 6.27. The summed E-state index contributed by atoms with van der Waals surface area (Å²) in [6, 6.07) is 4.26. The van der Waals surface area contributed by atoms with Crippen molar-refractivity contribution in [3.8, 4) is 5.75 Å². The Hall–Kier alpha value is -2.24. The van der Waals surface area contributed by atoms with Crippen LogP contribution in [0.5, 0.6) is 5.75 Å². The summed E-state index contributed by atoms with van der Waals surface area (Å²) < 4.78 is 5.26. The molecule has 0 heterocycles. The molecule has 0 bridgehead atoms. The lowest BCUT2D eigenvalue weighted by molar-refractivity contribution is -0.124. The van der Waals surface area contributed by atoms with Crippen LogP contribution in [0.3, 0.4) is 0 Å². The topological polar surface area (TPSA) is 102 Å². The van der Waals surface area contributed by atoms with E-state index >= 15 is 0 Å². The van der Waals surface area contributed by atoms with Gasteiger partial charge in [0.2, 0.25) is 0 Å². The van der Waals surface area contributed by atoms with E-state index in [1.54, 1.807) is 0 Å². The van der Waals surface area contributed by atoms with E-state index in [2.05, 4.69) is 5.32 Å². The predicted molar refractivity (Wildman–Crippen MR) is 75.8 cm³/mol. The van der Waals surface area contributed by atoms with Crippen molar-refractivity contribution in [2.45, 2.75) is 32.7 Å². The van der Waals surface area contributed by atoms with Gasteiger partial charge in [-0.1, -0.05) is 6.92 Å². The van der Waals surface area contributed by atoms with Gasteiger partial charge in [-0.3, -0.25) is 4.79 Å². The van der Waals surface area contributed by atoms with Crippen molar-refractivity contribution >= 4 is 17.6 Å². The van der Waals surface area contributed by atoms with Gasteiger partial charge in [0, 0.05) is 11.2 Å². The summed E-state index contributed by atoms with van der Waals surface area (Å²) in [5.41, 5.74) is 5.46. The zero-order valence-electron chi connectivity index (χ0n) is 11.9. The number of carbonyl (C=O) groups excluding carboxylic acids is 1. The fourth-order valence-corrected chi connectivity index (χ4v) is 1.49. The lowest BCUT2D eigenvalue weighted by atomic mass is 10.0. The molecule has 0 atom stereocenters. The van der Waals surface area contributed by atoms with Crippen molar-refractivity contribution in [2.75, 3.05) is 12.3 Å². The molecule has 1 rings (SSSR count). The summed E-state index contributed by atoms with van der Waals surface area (Å²) in [5, 5.41) is 11.8. The van der Waals surface area contributed by atoms with E-state index in [4.69, 9.17) is 15.6 Å². The van der Waals surface area contributed by atoms with Crippen LogP contribution in [0.1, 0.15) is 37.6 Å². The van der Waals surface area contributed by atoms with E-state index in [1.165, 1.54) is 18.2 Å². The van der Waals surface area contributed by atoms with E-state index in [0.29, 0.717) is 5.69 Å². The number of hydrogen-bond acceptors (Lipinski definition) is 4. The Bertz CT molecular complexity index is 512. The van der Waals surface area contributed by atoms with Gasteiger partial charge in [0.25, 0.3) is 5.91 Å². The van der Waals surface area contributed by atoms with Crippen molar-refractivity contribution in [3.63, 3.8) is 0 Å². The summed E-state index contributed by atoms with van der Waals surface area (Å²) in [4.78, 5) is 22.8. The molecule has 20 heavy (non-hydrogen) atoms. The fourth-order valence-electron chi connectivity index (χ4n) is 1.49. The summed E-state index contributed by atoms with van der Waals surface area (Å²) >= 11 is 0. The largest absolute Gasteiger partial charge is 0.483 e. The van der Waals surface area contributed by atoms with E-state index in [0.717, 1.165) is 6.42 Å². The zero-order chi connectivity index (χ0) is 15.3. The summed E-state index contributed by atoms with van der Waals surface area (Å²) in [7, 11) is 0. The molecule has 6 nitrogen and oxygen atoms in total. The standard InChI is InChI=1S/C14H20N2O4/c1-4-14(2,3)16-12(17)8-20-11-6-5-9(15)7-10(11)13(18)19/h5-7H,4,8,15H2,1-3H3,(H,16,17)(H,18,19). The average Bonchev–Trinajstić information content (AvgIpc) is 2.36. The molecule has 0 radical (unpaired) electrons. The normalized spacial score (nSPS) is 10.9. The number of carboxylic acids is 1. The first kappa shape index (κ1) is 15.8. The monoisotopic (exact) mass is 280 g/mol. The maximum absolute atomic E-state index is 11.7. The Kier molecular flexibility index (Phi) is 4.96. The average molecular weight is 280 g/mol. The molecular formula is C14H20N2O4. The minimum absolute atomic E-state index is 0.0625. The molecule has 110 valence electrons. The van der Waals surface area contributed by atoms with Crippen molar-refractivity contribution in [2.24, 2.45) is 0 Å². The minimum Gasteiger partial charge on any atom is -0.483 e. The van der Waals surface area contributed by atoms with Crippen molar-refractivity contribution in [1.82, 2.24) is 5.32 Å². The van der Waals surface area contributed by atoms with Crippen molar-refractivity contribution in [3.05, 3.63) is 23.8 Å². The molecule has 0 aliphatic heterocycles. The number of anilines is 1. The number of nitrogen functional groups attached to an aromatic ring is 1. The van der Waals surface area contributed by atoms with Gasteiger partial charge in [0.1, 0.15) is 11.3 Å². The van der Waals surface area contributed by atoms with Crippen LogP contribution in [0.25, 0.3) is 0 Å². The highest BCUT2D eigenvalue weighted by Gasteiger charge is 2.19. The maximum Gasteiger partial charge on any atom is 0.339 e. The van der Waals surface area contributed by atoms with Gasteiger partial charge in [0.15, 0.2) is 6.61 Å². The lowest BCUT2D eigenvalue weighted by Crippen LogP contribution is -2.44. The Labute approximate surface area is 117 Å². The van der Waals surface area contributed by atoms with Gasteiger partial charge in [-0.2, -0.15) is 0 Å². The molecule has 1 aromatic rings. The van der Waals surface area contributed by atoms with Gasteiger partial charge in [-0.15, -0.1) is 0 Å². The molecule has 1 amide bonds. The van der Waals surface area contributed by atoms with Crippen LogP contribution in [-0.2, 0) is 4.79 Å². The molecule has 6 heteroatoms. The predicted octanol–water partition coefficient (Wildman–Crippen LogP) is 1.65.